The van der Waals surface area contributed by atoms with Gasteiger partial charge in [0.05, 0.1) is 11.9 Å². The molecule has 2 aromatic rings. The number of carboxylic acid groups (broad SMARTS) is 1. The van der Waals surface area contributed by atoms with Crippen molar-refractivity contribution in [3.63, 3.8) is 0 Å². The van der Waals surface area contributed by atoms with Crippen LogP contribution in [0.25, 0.3) is 11.0 Å². The lowest BCUT2D eigenvalue weighted by Gasteiger charge is -2.19. The first-order valence-corrected chi connectivity index (χ1v) is 9.24. The summed E-state index contributed by atoms with van der Waals surface area (Å²) in [5.74, 6) is -2.11. The molecule has 2 aromatic heterocycles. The van der Waals surface area contributed by atoms with Crippen molar-refractivity contribution in [2.75, 3.05) is 31.3 Å². The van der Waals surface area contributed by atoms with Gasteiger partial charge in [0, 0.05) is 37.0 Å². The summed E-state index contributed by atoms with van der Waals surface area (Å²) in [4.78, 5) is 38.0. The molecule has 1 atom stereocenters. The Morgan fingerprint density at radius 3 is 2.79 bits per heavy atom. The largest absolute Gasteiger partial charge is 0.477 e. The number of halogens is 1. The zero-order chi connectivity index (χ0) is 20.7. The Bertz CT molecular complexity index is 1090. The number of rotatable bonds is 6. The van der Waals surface area contributed by atoms with E-state index >= 15 is 0 Å². The van der Waals surface area contributed by atoms with Crippen molar-refractivity contribution in [1.82, 2.24) is 9.55 Å². The number of fused-ring (bicyclic) bond motifs is 1. The molecule has 2 aliphatic rings. The Morgan fingerprint density at radius 1 is 1.41 bits per heavy atom. The third-order valence-corrected chi connectivity index (χ3v) is 5.30. The summed E-state index contributed by atoms with van der Waals surface area (Å²) < 4.78 is 16.6. The SMILES string of the molecule is C=NCC1CN(c2nc3c(cc2F)c(=O)c(C(=O)O)cn3C2CC2)CC1=NCO. The zero-order valence-electron chi connectivity index (χ0n) is 15.6. The molecule has 1 saturated carbocycles. The Balaban J connectivity index is 1.84. The van der Waals surface area contributed by atoms with E-state index in [9.17, 15) is 19.1 Å². The number of nitrogens with zero attached hydrogens (tertiary/aromatic N) is 5. The van der Waals surface area contributed by atoms with Crippen LogP contribution >= 0.6 is 0 Å². The highest BCUT2D eigenvalue weighted by molar-refractivity contribution is 5.95. The molecule has 2 N–H and O–H groups in total. The van der Waals surface area contributed by atoms with Gasteiger partial charge in [-0.05, 0) is 25.6 Å². The number of hydrogen-bond acceptors (Lipinski definition) is 7. The summed E-state index contributed by atoms with van der Waals surface area (Å²) in [7, 11) is 0. The van der Waals surface area contributed by atoms with E-state index in [-0.39, 0.29) is 42.1 Å². The van der Waals surface area contributed by atoms with E-state index in [0.29, 0.717) is 18.8 Å². The summed E-state index contributed by atoms with van der Waals surface area (Å²) in [5.41, 5.74) is -0.194. The third-order valence-electron chi connectivity index (χ3n) is 5.30. The second-order valence-corrected chi connectivity index (χ2v) is 7.25. The van der Waals surface area contributed by atoms with E-state index in [1.54, 1.807) is 9.47 Å². The second kappa shape index (κ2) is 7.36. The van der Waals surface area contributed by atoms with Crippen LogP contribution in [0.3, 0.4) is 0 Å². The van der Waals surface area contributed by atoms with E-state index in [2.05, 4.69) is 21.7 Å². The molecule has 0 amide bonds. The maximum atomic E-state index is 14.9. The van der Waals surface area contributed by atoms with Gasteiger partial charge < -0.3 is 24.7 Å². The zero-order valence-corrected chi connectivity index (χ0v) is 15.6. The highest BCUT2D eigenvalue weighted by Crippen LogP contribution is 2.37. The first-order chi connectivity index (χ1) is 13.9. The number of pyridine rings is 2. The Hall–Kier alpha value is -3.14. The molecule has 0 radical (unpaired) electrons. The molecule has 29 heavy (non-hydrogen) atoms. The molecule has 0 bridgehead atoms. The van der Waals surface area contributed by atoms with Crippen molar-refractivity contribution in [2.24, 2.45) is 15.9 Å². The molecule has 1 aliphatic heterocycles. The summed E-state index contributed by atoms with van der Waals surface area (Å²) in [6.45, 7) is 4.17. The van der Waals surface area contributed by atoms with Crippen molar-refractivity contribution >= 4 is 35.2 Å². The van der Waals surface area contributed by atoms with Gasteiger partial charge in [0.15, 0.2) is 11.6 Å². The number of carboxylic acids is 1. The quantitative estimate of drug-likeness (QED) is 0.700. The number of aliphatic hydroxyl groups excluding tert-OH is 1. The number of anilines is 1. The average Bonchev–Trinajstić information content (AvgIpc) is 3.45. The van der Waals surface area contributed by atoms with Gasteiger partial charge in [0.25, 0.3) is 0 Å². The standard InChI is InChI=1S/C19H20FN5O4/c1-21-5-10-6-24(8-15(10)22-9-26)18-14(20)4-12-16(27)13(19(28)29)7-25(11-2-3-11)17(12)23-18/h4,7,10-11,26H,1-3,5-6,8-9H2,(H,28,29). The van der Waals surface area contributed by atoms with Crippen molar-refractivity contribution in [3.05, 3.63) is 33.9 Å². The van der Waals surface area contributed by atoms with Crippen molar-refractivity contribution in [1.29, 1.82) is 0 Å². The molecule has 10 heteroatoms. The van der Waals surface area contributed by atoms with Gasteiger partial charge in [0.2, 0.25) is 5.43 Å². The number of hydrogen-bond donors (Lipinski definition) is 2. The smallest absolute Gasteiger partial charge is 0.341 e. The van der Waals surface area contributed by atoms with Gasteiger partial charge in [-0.25, -0.2) is 14.2 Å². The summed E-state index contributed by atoms with van der Waals surface area (Å²) >= 11 is 0. The van der Waals surface area contributed by atoms with Gasteiger partial charge in [-0.1, -0.05) is 0 Å². The lowest BCUT2D eigenvalue weighted by atomic mass is 10.1. The Kier molecular flexibility index (Phi) is 4.87. The van der Waals surface area contributed by atoms with Crippen LogP contribution in [0.2, 0.25) is 0 Å². The van der Waals surface area contributed by atoms with Crippen LogP contribution in [-0.4, -0.2) is 64.5 Å². The minimum absolute atomic E-state index is 0.0461. The van der Waals surface area contributed by atoms with Crippen LogP contribution in [0.15, 0.2) is 27.0 Å². The summed E-state index contributed by atoms with van der Waals surface area (Å²) in [5, 5.41) is 18.4. The van der Waals surface area contributed by atoms with E-state index in [1.807, 2.05) is 0 Å². The maximum absolute atomic E-state index is 14.9. The molecule has 0 spiro atoms. The fraction of sp³-hybridized carbons (Fsp3) is 0.421. The van der Waals surface area contributed by atoms with Crippen LogP contribution < -0.4 is 10.3 Å². The molecule has 1 unspecified atom stereocenters. The molecular weight excluding hydrogens is 381 g/mol. The monoisotopic (exact) mass is 401 g/mol. The van der Waals surface area contributed by atoms with Gasteiger partial charge >= 0.3 is 5.97 Å². The number of carbonyl (C=O) groups is 1. The predicted octanol–water partition coefficient (Wildman–Crippen LogP) is 1.10. The van der Waals surface area contributed by atoms with Crippen LogP contribution in [0.1, 0.15) is 29.2 Å². The third kappa shape index (κ3) is 3.39. The molecule has 4 rings (SSSR count). The molecule has 0 aromatic carbocycles. The van der Waals surface area contributed by atoms with Crippen LogP contribution in [-0.2, 0) is 0 Å². The number of aromatic carboxylic acids is 1. The van der Waals surface area contributed by atoms with Gasteiger partial charge in [-0.2, -0.15) is 0 Å². The number of aliphatic imine (C=N–C) groups is 2. The van der Waals surface area contributed by atoms with Crippen LogP contribution in [0.4, 0.5) is 10.2 Å². The molecular formula is C19H20FN5O4. The lowest BCUT2D eigenvalue weighted by Crippen LogP contribution is -2.25. The van der Waals surface area contributed by atoms with E-state index in [1.165, 1.54) is 6.20 Å². The average molecular weight is 401 g/mol. The van der Waals surface area contributed by atoms with Crippen molar-refractivity contribution in [3.8, 4) is 0 Å². The molecule has 152 valence electrons. The van der Waals surface area contributed by atoms with Gasteiger partial charge in [-0.3, -0.25) is 9.79 Å². The van der Waals surface area contributed by atoms with Gasteiger partial charge in [0.1, 0.15) is 17.9 Å². The molecule has 3 heterocycles. The van der Waals surface area contributed by atoms with Crippen molar-refractivity contribution in [2.45, 2.75) is 18.9 Å². The number of aliphatic hydroxyl groups is 1. The Labute approximate surface area is 164 Å². The molecule has 1 saturated heterocycles. The molecule has 1 aliphatic carbocycles. The van der Waals surface area contributed by atoms with E-state index in [0.717, 1.165) is 18.9 Å². The molecule has 9 nitrogen and oxygen atoms in total. The van der Waals surface area contributed by atoms with Crippen LogP contribution in [0, 0.1) is 11.7 Å². The van der Waals surface area contributed by atoms with Crippen LogP contribution in [0.5, 0.6) is 0 Å². The highest BCUT2D eigenvalue weighted by atomic mass is 19.1. The summed E-state index contributed by atoms with van der Waals surface area (Å²) in [6, 6.07) is 1.11. The minimum atomic E-state index is -1.35. The normalized spacial score (nSPS) is 20.6. The van der Waals surface area contributed by atoms with E-state index in [4.69, 9.17) is 5.11 Å². The first kappa shape index (κ1) is 19.2. The Morgan fingerprint density at radius 2 is 2.17 bits per heavy atom. The fourth-order valence-corrected chi connectivity index (χ4v) is 3.75. The second-order valence-electron chi connectivity index (χ2n) is 7.25. The fourth-order valence-electron chi connectivity index (χ4n) is 3.75. The first-order valence-electron chi connectivity index (χ1n) is 9.24. The lowest BCUT2D eigenvalue weighted by molar-refractivity contribution is 0.0695. The van der Waals surface area contributed by atoms with E-state index < -0.39 is 22.8 Å². The number of aromatic nitrogens is 2. The minimum Gasteiger partial charge on any atom is -0.477 e. The topological polar surface area (TPSA) is 120 Å². The van der Waals surface area contributed by atoms with Crippen molar-refractivity contribution < 1.29 is 19.4 Å². The van der Waals surface area contributed by atoms with Gasteiger partial charge in [-0.15, -0.1) is 0 Å². The highest BCUT2D eigenvalue weighted by Gasteiger charge is 2.33. The predicted molar refractivity (Wildman–Crippen MR) is 106 cm³/mol. The molecule has 2 fully saturated rings. The summed E-state index contributed by atoms with van der Waals surface area (Å²) in [6.07, 6.45) is 2.98. The maximum Gasteiger partial charge on any atom is 0.341 e.